The Morgan fingerprint density at radius 2 is 1.29 bits per heavy atom. The maximum atomic E-state index is 10.7. The first-order valence-electron chi connectivity index (χ1n) is 3.87. The molecule has 2 atom stereocenters. The lowest BCUT2D eigenvalue weighted by atomic mass is 10.5. The monoisotopic (exact) mass is 204 g/mol. The van der Waals surface area contributed by atoms with Gasteiger partial charge in [0.05, 0.1) is 0 Å². The standard InChI is InChI=1S/C8H12O6/c1-5(9)13-7(11)3-4-8(12)14-6(2)10/h3-6,9-10H,1-2H3. The number of hydrogen-bond donors (Lipinski definition) is 2. The molecule has 0 saturated heterocycles. The molecule has 0 amide bonds. The van der Waals surface area contributed by atoms with Crippen LogP contribution in [0.2, 0.25) is 0 Å². The Labute approximate surface area is 80.7 Å². The molecule has 0 aromatic rings. The summed E-state index contributed by atoms with van der Waals surface area (Å²) in [6, 6.07) is 0. The maximum absolute atomic E-state index is 10.7. The number of carbonyl (C=O) groups excluding carboxylic acids is 2. The number of hydrogen-bond acceptors (Lipinski definition) is 6. The van der Waals surface area contributed by atoms with Crippen molar-refractivity contribution in [1.29, 1.82) is 0 Å². The molecule has 14 heavy (non-hydrogen) atoms. The molecule has 0 saturated carbocycles. The summed E-state index contributed by atoms with van der Waals surface area (Å²) in [6.07, 6.45) is -0.894. The Hall–Kier alpha value is -1.40. The Morgan fingerprint density at radius 1 is 1.00 bits per heavy atom. The molecule has 6 nitrogen and oxygen atoms in total. The quantitative estimate of drug-likeness (QED) is 0.357. The van der Waals surface area contributed by atoms with Crippen LogP contribution in [0.5, 0.6) is 0 Å². The van der Waals surface area contributed by atoms with Crippen molar-refractivity contribution in [3.8, 4) is 0 Å². The summed E-state index contributed by atoms with van der Waals surface area (Å²) in [5.41, 5.74) is 0. The van der Waals surface area contributed by atoms with Crippen LogP contribution < -0.4 is 0 Å². The lowest BCUT2D eigenvalue weighted by molar-refractivity contribution is -0.161. The number of aliphatic hydroxyl groups excluding tert-OH is 2. The number of aliphatic hydroxyl groups is 2. The van der Waals surface area contributed by atoms with Gasteiger partial charge in [-0.2, -0.15) is 0 Å². The minimum Gasteiger partial charge on any atom is -0.433 e. The van der Waals surface area contributed by atoms with Crippen molar-refractivity contribution in [2.75, 3.05) is 0 Å². The third kappa shape index (κ3) is 7.26. The number of carbonyl (C=O) groups is 2. The molecule has 0 spiro atoms. The molecule has 0 aliphatic rings. The normalized spacial score (nSPS) is 14.9. The van der Waals surface area contributed by atoms with Gasteiger partial charge in [-0.1, -0.05) is 0 Å². The second kappa shape index (κ2) is 6.11. The van der Waals surface area contributed by atoms with E-state index in [1.807, 2.05) is 0 Å². The van der Waals surface area contributed by atoms with Crippen molar-refractivity contribution in [2.24, 2.45) is 0 Å². The third-order valence-corrected chi connectivity index (χ3v) is 0.929. The van der Waals surface area contributed by atoms with E-state index < -0.39 is 24.5 Å². The van der Waals surface area contributed by atoms with Crippen molar-refractivity contribution in [1.82, 2.24) is 0 Å². The van der Waals surface area contributed by atoms with Gasteiger partial charge in [0.2, 0.25) is 0 Å². The molecule has 0 rings (SSSR count). The van der Waals surface area contributed by atoms with Crippen LogP contribution in [0.15, 0.2) is 12.2 Å². The van der Waals surface area contributed by atoms with E-state index in [1.165, 1.54) is 13.8 Å². The van der Waals surface area contributed by atoms with Gasteiger partial charge >= 0.3 is 11.9 Å². The highest BCUT2D eigenvalue weighted by atomic mass is 16.6. The van der Waals surface area contributed by atoms with E-state index in [2.05, 4.69) is 9.47 Å². The van der Waals surface area contributed by atoms with Gasteiger partial charge in [0.1, 0.15) is 0 Å². The Morgan fingerprint density at radius 3 is 1.50 bits per heavy atom. The Bertz CT molecular complexity index is 206. The van der Waals surface area contributed by atoms with Gasteiger partial charge in [0, 0.05) is 12.2 Å². The second-order valence-corrected chi connectivity index (χ2v) is 2.41. The van der Waals surface area contributed by atoms with Crippen molar-refractivity contribution < 1.29 is 29.3 Å². The van der Waals surface area contributed by atoms with Crippen LogP contribution in [-0.2, 0) is 19.1 Å². The fraction of sp³-hybridized carbons (Fsp3) is 0.500. The summed E-state index contributed by atoms with van der Waals surface area (Å²) in [7, 11) is 0. The minimum atomic E-state index is -1.24. The van der Waals surface area contributed by atoms with E-state index in [0.29, 0.717) is 0 Å². The van der Waals surface area contributed by atoms with Gasteiger partial charge < -0.3 is 19.7 Å². The molecular formula is C8H12O6. The molecule has 80 valence electrons. The van der Waals surface area contributed by atoms with Crippen molar-refractivity contribution in [3.05, 3.63) is 12.2 Å². The zero-order valence-corrected chi connectivity index (χ0v) is 7.84. The molecule has 0 aromatic carbocycles. The highest BCUT2D eigenvalue weighted by Gasteiger charge is 2.05. The predicted molar refractivity (Wildman–Crippen MR) is 44.7 cm³/mol. The second-order valence-electron chi connectivity index (χ2n) is 2.41. The van der Waals surface area contributed by atoms with E-state index >= 15 is 0 Å². The fourth-order valence-electron chi connectivity index (χ4n) is 0.551. The highest BCUT2D eigenvalue weighted by molar-refractivity contribution is 5.91. The van der Waals surface area contributed by atoms with Crippen molar-refractivity contribution in [2.45, 2.75) is 26.4 Å². The first kappa shape index (κ1) is 12.6. The van der Waals surface area contributed by atoms with Gasteiger partial charge in [-0.05, 0) is 13.8 Å². The molecule has 0 aliphatic heterocycles. The largest absolute Gasteiger partial charge is 0.433 e. The summed E-state index contributed by atoms with van der Waals surface area (Å²) in [5, 5.41) is 17.2. The summed E-state index contributed by atoms with van der Waals surface area (Å²) < 4.78 is 8.53. The molecule has 0 bridgehead atoms. The minimum absolute atomic E-state index is 0.789. The van der Waals surface area contributed by atoms with E-state index in [0.717, 1.165) is 12.2 Å². The Balaban J connectivity index is 3.92. The van der Waals surface area contributed by atoms with Gasteiger partial charge in [-0.3, -0.25) is 0 Å². The maximum Gasteiger partial charge on any atom is 0.333 e. The first-order chi connectivity index (χ1) is 6.41. The van der Waals surface area contributed by atoms with Crippen LogP contribution in [0.25, 0.3) is 0 Å². The summed E-state index contributed by atoms with van der Waals surface area (Å²) >= 11 is 0. The van der Waals surface area contributed by atoms with Crippen molar-refractivity contribution >= 4 is 11.9 Å². The fourth-order valence-corrected chi connectivity index (χ4v) is 0.551. The lowest BCUT2D eigenvalue weighted by Crippen LogP contribution is -2.14. The molecular weight excluding hydrogens is 192 g/mol. The molecule has 2 N–H and O–H groups in total. The zero-order chi connectivity index (χ0) is 11.1. The van der Waals surface area contributed by atoms with Crippen molar-refractivity contribution in [3.63, 3.8) is 0 Å². The molecule has 2 unspecified atom stereocenters. The Kier molecular flexibility index (Phi) is 5.50. The zero-order valence-electron chi connectivity index (χ0n) is 7.84. The smallest absolute Gasteiger partial charge is 0.333 e. The lowest BCUT2D eigenvalue weighted by Gasteiger charge is -2.04. The van der Waals surface area contributed by atoms with E-state index in [4.69, 9.17) is 10.2 Å². The van der Waals surface area contributed by atoms with Crippen LogP contribution in [0.1, 0.15) is 13.8 Å². The number of ether oxygens (including phenoxy) is 2. The summed E-state index contributed by atoms with van der Waals surface area (Å²) in [5.74, 6) is -1.75. The van der Waals surface area contributed by atoms with Crippen LogP contribution in [0, 0.1) is 0 Å². The number of esters is 2. The molecule has 0 aliphatic carbocycles. The number of rotatable bonds is 4. The van der Waals surface area contributed by atoms with Gasteiger partial charge in [0.25, 0.3) is 0 Å². The molecule has 0 aromatic heterocycles. The summed E-state index contributed by atoms with van der Waals surface area (Å²) in [4.78, 5) is 21.4. The molecule has 0 fully saturated rings. The van der Waals surface area contributed by atoms with Crippen LogP contribution in [0.4, 0.5) is 0 Å². The van der Waals surface area contributed by atoms with E-state index in [9.17, 15) is 9.59 Å². The first-order valence-corrected chi connectivity index (χ1v) is 3.87. The van der Waals surface area contributed by atoms with Crippen LogP contribution >= 0.6 is 0 Å². The van der Waals surface area contributed by atoms with Gasteiger partial charge in [-0.25, -0.2) is 9.59 Å². The van der Waals surface area contributed by atoms with Crippen LogP contribution in [-0.4, -0.2) is 34.7 Å². The molecule has 6 heteroatoms. The SMILES string of the molecule is CC(O)OC(=O)C=CC(=O)OC(C)O. The molecule has 0 radical (unpaired) electrons. The highest BCUT2D eigenvalue weighted by Crippen LogP contribution is 1.91. The van der Waals surface area contributed by atoms with E-state index in [1.54, 1.807) is 0 Å². The third-order valence-electron chi connectivity index (χ3n) is 0.929. The van der Waals surface area contributed by atoms with Crippen LogP contribution in [0.3, 0.4) is 0 Å². The average molecular weight is 204 g/mol. The average Bonchev–Trinajstić information content (AvgIpc) is 1.98. The van der Waals surface area contributed by atoms with Gasteiger partial charge in [0.15, 0.2) is 12.6 Å². The summed E-state index contributed by atoms with van der Waals surface area (Å²) in [6.45, 7) is 2.50. The molecule has 0 heterocycles. The van der Waals surface area contributed by atoms with Gasteiger partial charge in [-0.15, -0.1) is 0 Å². The van der Waals surface area contributed by atoms with E-state index in [-0.39, 0.29) is 0 Å². The topological polar surface area (TPSA) is 93.1 Å². The predicted octanol–water partition coefficient (Wildman–Crippen LogP) is -0.694.